The molecule has 0 unspecified atom stereocenters. The molecule has 1 aromatic heterocycles. The zero-order valence-electron chi connectivity index (χ0n) is 11.8. The van der Waals surface area contributed by atoms with Crippen molar-refractivity contribution >= 4 is 34.3 Å². The molecule has 0 bridgehead atoms. The van der Waals surface area contributed by atoms with Crippen molar-refractivity contribution in [3.8, 4) is 0 Å². The molecule has 1 aromatic carbocycles. The minimum absolute atomic E-state index is 0.286. The highest BCUT2D eigenvalue weighted by atomic mass is 32.1. The summed E-state index contributed by atoms with van der Waals surface area (Å²) in [5.74, 6) is -0.743. The summed E-state index contributed by atoms with van der Waals surface area (Å²) in [6.45, 7) is 1.87. The Morgan fingerprint density at radius 1 is 1.24 bits per heavy atom. The number of methoxy groups -OCH3 is 1. The quantitative estimate of drug-likeness (QED) is 0.694. The molecule has 0 aliphatic heterocycles. The number of thiophene rings is 1. The first-order valence-electron chi connectivity index (χ1n) is 6.33. The minimum atomic E-state index is -0.457. The van der Waals surface area contributed by atoms with Crippen LogP contribution in [0.3, 0.4) is 0 Å². The summed E-state index contributed by atoms with van der Waals surface area (Å²) in [7, 11) is 1.32. The summed E-state index contributed by atoms with van der Waals surface area (Å²) in [6.07, 6.45) is 3.15. The van der Waals surface area contributed by atoms with Crippen molar-refractivity contribution in [2.75, 3.05) is 12.4 Å². The number of hydrogen-bond acceptors (Lipinski definition) is 4. The number of nitrogens with one attached hydrogen (secondary N) is 1. The Morgan fingerprint density at radius 2 is 1.95 bits per heavy atom. The fourth-order valence-electron chi connectivity index (χ4n) is 1.76. The maximum atomic E-state index is 11.9. The van der Waals surface area contributed by atoms with E-state index in [0.29, 0.717) is 10.6 Å². The van der Waals surface area contributed by atoms with Crippen LogP contribution in [-0.4, -0.2) is 19.0 Å². The lowest BCUT2D eigenvalue weighted by Crippen LogP contribution is -2.10. The van der Waals surface area contributed by atoms with E-state index in [4.69, 9.17) is 4.74 Å². The number of anilines is 1. The van der Waals surface area contributed by atoms with Gasteiger partial charge < -0.3 is 10.1 Å². The first-order chi connectivity index (χ1) is 10.1. The van der Waals surface area contributed by atoms with Crippen LogP contribution in [0.2, 0.25) is 0 Å². The van der Waals surface area contributed by atoms with Crippen molar-refractivity contribution in [3.05, 3.63) is 58.5 Å². The minimum Gasteiger partial charge on any atom is -0.465 e. The molecule has 2 aromatic rings. The molecule has 0 aliphatic rings. The van der Waals surface area contributed by atoms with Crippen LogP contribution in [0.5, 0.6) is 0 Å². The predicted molar refractivity (Wildman–Crippen MR) is 84.5 cm³/mol. The second-order valence-electron chi connectivity index (χ2n) is 4.32. The van der Waals surface area contributed by atoms with E-state index < -0.39 is 5.97 Å². The average Bonchev–Trinajstić information content (AvgIpc) is 2.86. The summed E-state index contributed by atoms with van der Waals surface area (Å²) in [4.78, 5) is 24.5. The summed E-state index contributed by atoms with van der Waals surface area (Å²) in [5.41, 5.74) is 1.31. The molecule has 2 rings (SSSR count). The number of hydrogen-bond donors (Lipinski definition) is 1. The van der Waals surface area contributed by atoms with Gasteiger partial charge in [0.15, 0.2) is 0 Å². The van der Waals surface area contributed by atoms with Crippen LogP contribution in [0.25, 0.3) is 6.08 Å². The lowest BCUT2D eigenvalue weighted by atomic mass is 10.2. The molecule has 0 radical (unpaired) electrons. The number of esters is 1. The van der Waals surface area contributed by atoms with E-state index in [9.17, 15) is 9.59 Å². The SMILES string of the molecule is COC(=O)c1cc(C)sc1NC(=O)/C=C/c1ccccc1. The van der Waals surface area contributed by atoms with Gasteiger partial charge in [0.2, 0.25) is 5.91 Å². The summed E-state index contributed by atoms with van der Waals surface area (Å²) in [6, 6.07) is 11.2. The Hall–Kier alpha value is -2.40. The Morgan fingerprint density at radius 3 is 2.62 bits per heavy atom. The number of rotatable bonds is 4. The second-order valence-corrected chi connectivity index (χ2v) is 5.58. The molecular formula is C16H15NO3S. The molecule has 1 N–H and O–H groups in total. The second kappa shape index (κ2) is 6.85. The fraction of sp³-hybridized carbons (Fsp3) is 0.125. The maximum Gasteiger partial charge on any atom is 0.340 e. The van der Waals surface area contributed by atoms with Crippen LogP contribution >= 0.6 is 11.3 Å². The largest absolute Gasteiger partial charge is 0.465 e. The molecule has 0 saturated heterocycles. The van der Waals surface area contributed by atoms with Crippen molar-refractivity contribution in [1.82, 2.24) is 0 Å². The topological polar surface area (TPSA) is 55.4 Å². The van der Waals surface area contributed by atoms with Gasteiger partial charge in [0, 0.05) is 11.0 Å². The lowest BCUT2D eigenvalue weighted by molar-refractivity contribution is -0.111. The van der Waals surface area contributed by atoms with E-state index in [1.165, 1.54) is 24.5 Å². The normalized spacial score (nSPS) is 10.6. The number of carbonyl (C=O) groups excluding carboxylic acids is 2. The average molecular weight is 301 g/mol. The van der Waals surface area contributed by atoms with Crippen LogP contribution in [0.4, 0.5) is 5.00 Å². The van der Waals surface area contributed by atoms with Crippen LogP contribution in [0, 0.1) is 6.92 Å². The van der Waals surface area contributed by atoms with Crippen molar-refractivity contribution in [2.24, 2.45) is 0 Å². The molecule has 0 saturated carbocycles. The van der Waals surface area contributed by atoms with Gasteiger partial charge in [-0.3, -0.25) is 4.79 Å². The van der Waals surface area contributed by atoms with E-state index >= 15 is 0 Å². The summed E-state index contributed by atoms with van der Waals surface area (Å²) >= 11 is 1.34. The van der Waals surface area contributed by atoms with Crippen molar-refractivity contribution < 1.29 is 14.3 Å². The van der Waals surface area contributed by atoms with E-state index in [2.05, 4.69) is 5.32 Å². The van der Waals surface area contributed by atoms with Crippen molar-refractivity contribution in [2.45, 2.75) is 6.92 Å². The van der Waals surface area contributed by atoms with E-state index in [1.807, 2.05) is 37.3 Å². The van der Waals surface area contributed by atoms with Crippen molar-refractivity contribution in [1.29, 1.82) is 0 Å². The Balaban J connectivity index is 2.10. The number of benzene rings is 1. The van der Waals surface area contributed by atoms with E-state index in [0.717, 1.165) is 10.4 Å². The molecule has 1 heterocycles. The van der Waals surface area contributed by atoms with Gasteiger partial charge in [0.25, 0.3) is 0 Å². The fourth-order valence-corrected chi connectivity index (χ4v) is 2.66. The van der Waals surface area contributed by atoms with Gasteiger partial charge >= 0.3 is 5.97 Å². The Kier molecular flexibility index (Phi) is 4.90. The molecule has 0 atom stereocenters. The number of aryl methyl sites for hydroxylation is 1. The summed E-state index contributed by atoms with van der Waals surface area (Å²) in [5, 5.41) is 3.21. The first-order valence-corrected chi connectivity index (χ1v) is 7.14. The van der Waals surface area contributed by atoms with Gasteiger partial charge in [-0.25, -0.2) is 4.79 Å². The van der Waals surface area contributed by atoms with Crippen LogP contribution in [0.1, 0.15) is 20.8 Å². The molecular weight excluding hydrogens is 286 g/mol. The highest BCUT2D eigenvalue weighted by Crippen LogP contribution is 2.28. The van der Waals surface area contributed by atoms with Gasteiger partial charge in [-0.15, -0.1) is 11.3 Å². The Bertz CT molecular complexity index is 674. The van der Waals surface area contributed by atoms with Crippen LogP contribution in [-0.2, 0) is 9.53 Å². The maximum absolute atomic E-state index is 11.9. The smallest absolute Gasteiger partial charge is 0.340 e. The zero-order valence-corrected chi connectivity index (χ0v) is 12.6. The predicted octanol–water partition coefficient (Wildman–Crippen LogP) is 3.50. The Labute approximate surface area is 127 Å². The summed E-state index contributed by atoms with van der Waals surface area (Å²) < 4.78 is 4.70. The van der Waals surface area contributed by atoms with Gasteiger partial charge in [0.1, 0.15) is 5.00 Å². The lowest BCUT2D eigenvalue weighted by Gasteiger charge is -2.02. The molecule has 0 spiro atoms. The van der Waals surface area contributed by atoms with Gasteiger partial charge in [-0.2, -0.15) is 0 Å². The first kappa shape index (κ1) is 15.0. The van der Waals surface area contributed by atoms with E-state index in [1.54, 1.807) is 12.1 Å². The molecule has 0 aliphatic carbocycles. The van der Waals surface area contributed by atoms with Crippen molar-refractivity contribution in [3.63, 3.8) is 0 Å². The van der Waals surface area contributed by atoms with Crippen LogP contribution in [0.15, 0.2) is 42.5 Å². The molecule has 1 amide bonds. The molecule has 5 heteroatoms. The third-order valence-corrected chi connectivity index (χ3v) is 3.69. The molecule has 0 fully saturated rings. The van der Waals surface area contributed by atoms with Crippen LogP contribution < -0.4 is 5.32 Å². The highest BCUT2D eigenvalue weighted by Gasteiger charge is 2.16. The standard InChI is InChI=1S/C16H15NO3S/c1-11-10-13(16(19)20-2)15(21-11)17-14(18)9-8-12-6-4-3-5-7-12/h3-10H,1-2H3,(H,17,18)/b9-8+. The number of amides is 1. The third-order valence-electron chi connectivity index (χ3n) is 2.72. The van der Waals surface area contributed by atoms with Gasteiger partial charge in [0.05, 0.1) is 12.7 Å². The van der Waals surface area contributed by atoms with Gasteiger partial charge in [-0.05, 0) is 24.6 Å². The number of ether oxygens (including phenoxy) is 1. The zero-order chi connectivity index (χ0) is 15.2. The highest BCUT2D eigenvalue weighted by molar-refractivity contribution is 7.16. The van der Waals surface area contributed by atoms with E-state index in [-0.39, 0.29) is 5.91 Å². The third kappa shape index (κ3) is 4.03. The molecule has 108 valence electrons. The van der Waals surface area contributed by atoms with Gasteiger partial charge in [-0.1, -0.05) is 30.3 Å². The monoisotopic (exact) mass is 301 g/mol. The number of carbonyl (C=O) groups is 2. The molecule has 4 nitrogen and oxygen atoms in total. The molecule has 21 heavy (non-hydrogen) atoms.